The molecule has 0 amide bonds. The second-order valence-electron chi connectivity index (χ2n) is 7.25. The molecule has 166 valence electrons. The Hall–Kier alpha value is -0.610. The van der Waals surface area contributed by atoms with Crippen LogP contribution in [0.25, 0.3) is 0 Å². The predicted octanol–water partition coefficient (Wildman–Crippen LogP) is 3.02. The topological polar surface area (TPSA) is 57.2 Å². The molecule has 0 heterocycles. The maximum atomic E-state index is 10.7. The highest BCUT2D eigenvalue weighted by atomic mass is 127. The zero-order valence-electron chi connectivity index (χ0n) is 16.9. The van der Waals surface area contributed by atoms with Crippen LogP contribution < -0.4 is 21.2 Å². The molecule has 0 aromatic carbocycles. The van der Waals surface area contributed by atoms with Crippen molar-refractivity contribution in [3.63, 3.8) is 0 Å². The van der Waals surface area contributed by atoms with E-state index in [-0.39, 0.29) is 21.2 Å². The Bertz CT molecular complexity index is 686. The van der Waals surface area contributed by atoms with Gasteiger partial charge in [0.25, 0.3) is 21.2 Å². The minimum atomic E-state index is -6.09. The predicted molar refractivity (Wildman–Crippen MR) is 106 cm³/mol. The van der Waals surface area contributed by atoms with Crippen LogP contribution in [0.1, 0.15) is 65.2 Å². The van der Waals surface area contributed by atoms with E-state index in [0.29, 0.717) is 6.84 Å². The van der Waals surface area contributed by atoms with E-state index in [2.05, 4.69) is 62.5 Å². The number of halogens is 4. The summed E-state index contributed by atoms with van der Waals surface area (Å²) in [7, 11) is -6.09. The fraction of sp³-hybridized carbons (Fsp3) is 0.619. The average Bonchev–Trinajstić information content (AvgIpc) is 2.65. The number of alkyl halides is 5. The molecule has 2 aliphatic carbocycles. The van der Waals surface area contributed by atoms with Gasteiger partial charge in [0.2, 0.25) is 0 Å². The second-order valence-corrected chi connectivity index (χ2v) is 13.5. The van der Waals surface area contributed by atoms with Crippen molar-refractivity contribution in [2.45, 2.75) is 77.6 Å². The van der Waals surface area contributed by atoms with Crippen molar-refractivity contribution >= 4 is 10.1 Å². The molecule has 29 heavy (non-hydrogen) atoms. The minimum Gasteiger partial charge on any atom is -0.741 e. The van der Waals surface area contributed by atoms with E-state index in [1.807, 2.05) is 0 Å². The maximum Gasteiger partial charge on any atom is 0.485 e. The molecule has 0 saturated carbocycles. The molecule has 8 heteroatoms. The van der Waals surface area contributed by atoms with Crippen molar-refractivity contribution in [3.05, 3.63) is 48.6 Å². The van der Waals surface area contributed by atoms with Crippen molar-refractivity contribution in [1.29, 1.82) is 0 Å². The van der Waals surface area contributed by atoms with Crippen LogP contribution in [0.4, 0.5) is 13.2 Å². The summed E-state index contributed by atoms with van der Waals surface area (Å²) in [4.78, 5) is 0. The van der Waals surface area contributed by atoms with Crippen LogP contribution in [-0.4, -0.2) is 25.3 Å². The lowest BCUT2D eigenvalue weighted by Gasteiger charge is -2.29. The summed E-state index contributed by atoms with van der Waals surface area (Å²) in [6.45, 7) is 4.65. The highest BCUT2D eigenvalue weighted by Gasteiger charge is 2.52. The summed E-state index contributed by atoms with van der Waals surface area (Å²) in [6, 6.07) is 0. The van der Waals surface area contributed by atoms with Crippen LogP contribution in [-0.2, 0) is 10.1 Å². The van der Waals surface area contributed by atoms with E-state index in [1.165, 1.54) is 51.4 Å². The Labute approximate surface area is 183 Å². The number of allylic oxidation sites excluding steroid dienone is 8. The molecule has 2 unspecified atom stereocenters. The summed E-state index contributed by atoms with van der Waals surface area (Å²) in [5.74, 6) is 0. The first-order valence-electron chi connectivity index (χ1n) is 9.87. The van der Waals surface area contributed by atoms with Crippen LogP contribution in [0.2, 0.25) is 0 Å². The average molecular weight is 546 g/mol. The normalized spacial score (nSPS) is 26.3. The first-order valence-corrected chi connectivity index (χ1v) is 13.4. The molecule has 0 N–H and O–H groups in total. The number of hydrogen-bond donors (Lipinski definition) is 0. The van der Waals surface area contributed by atoms with E-state index < -0.39 is 15.6 Å². The third kappa shape index (κ3) is 8.96. The van der Waals surface area contributed by atoms with E-state index in [4.69, 9.17) is 13.0 Å². The zero-order chi connectivity index (χ0) is 22.0. The molecule has 0 spiro atoms. The summed E-state index contributed by atoms with van der Waals surface area (Å²) >= 11 is 0.108. The lowest BCUT2D eigenvalue weighted by atomic mass is 9.95. The Morgan fingerprint density at radius 3 is 1.52 bits per heavy atom. The van der Waals surface area contributed by atoms with Crippen LogP contribution in [0.5, 0.6) is 0 Å². The van der Waals surface area contributed by atoms with Gasteiger partial charge in [-0.25, -0.2) is 8.42 Å². The van der Waals surface area contributed by atoms with E-state index in [0.717, 1.165) is 0 Å². The number of unbranched alkanes of at least 4 members (excludes halogenated alkanes) is 2. The van der Waals surface area contributed by atoms with Gasteiger partial charge < -0.3 is 4.55 Å². The fourth-order valence-corrected chi connectivity index (χ4v) is 8.36. The highest BCUT2D eigenvalue weighted by molar-refractivity contribution is 7.86. The Balaban J connectivity index is 0.000000447. The van der Waals surface area contributed by atoms with Crippen molar-refractivity contribution in [2.75, 3.05) is 0 Å². The van der Waals surface area contributed by atoms with Gasteiger partial charge in [-0.15, -0.1) is 0 Å². The van der Waals surface area contributed by atoms with Crippen LogP contribution in [0, 0.1) is 0 Å². The summed E-state index contributed by atoms with van der Waals surface area (Å²) in [5.41, 5.74) is -5.65. The lowest BCUT2D eigenvalue weighted by molar-refractivity contribution is -0.771. The molecule has 2 rings (SSSR count). The van der Waals surface area contributed by atoms with Crippen LogP contribution >= 0.6 is 0 Å². The van der Waals surface area contributed by atoms with Crippen LogP contribution in [0.15, 0.2) is 48.6 Å². The summed E-state index contributed by atoms with van der Waals surface area (Å²) < 4.78 is 59.9. The largest absolute Gasteiger partial charge is 0.741 e. The molecule has 2 atom stereocenters. The third-order valence-corrected chi connectivity index (χ3v) is 10.1. The zero-order valence-corrected chi connectivity index (χ0v) is 19.9. The molecule has 0 bridgehead atoms. The fourth-order valence-electron chi connectivity index (χ4n) is 3.20. The van der Waals surface area contributed by atoms with Gasteiger partial charge in [0.1, 0.15) is 0 Å². The Kier molecular flexibility index (Phi) is 10.7. The SMILES string of the molecule is CCCCC1([I+]C2(CCCC)C=CC=CC2)C=CC=CC1.O=S(=O)([O-])C(F)(F)F. The molecular formula is C21H30F3IO3S. The Morgan fingerprint density at radius 2 is 1.28 bits per heavy atom. The van der Waals surface area contributed by atoms with E-state index >= 15 is 0 Å². The molecule has 0 aliphatic heterocycles. The maximum absolute atomic E-state index is 10.7. The van der Waals surface area contributed by atoms with Crippen molar-refractivity contribution < 1.29 is 47.3 Å². The van der Waals surface area contributed by atoms with Gasteiger partial charge in [-0.3, -0.25) is 0 Å². The smallest absolute Gasteiger partial charge is 0.485 e. The molecule has 0 saturated heterocycles. The second kappa shape index (κ2) is 11.7. The van der Waals surface area contributed by atoms with E-state index in [1.54, 1.807) is 0 Å². The van der Waals surface area contributed by atoms with Gasteiger partial charge in [0.05, 0.1) is 0 Å². The van der Waals surface area contributed by atoms with Crippen molar-refractivity contribution in [3.8, 4) is 0 Å². The third-order valence-electron chi connectivity index (χ3n) is 4.75. The standard InChI is InChI=1S/C20H30I.CHF3O3S/c1-3-5-13-19(15-9-7-10-16-19)21-20(14-6-4-2)17-11-8-12-18-20;2-1(3,4)8(5,6)7/h7-12,15,17H,3-6,13-14,16,18H2,1-2H3;(H,5,6,7)/q+1;/p-1. The summed E-state index contributed by atoms with van der Waals surface area (Å²) in [5, 5.41) is 0. The molecule has 2 aliphatic rings. The van der Waals surface area contributed by atoms with Crippen molar-refractivity contribution in [1.82, 2.24) is 0 Å². The first kappa shape index (κ1) is 26.4. The molecule has 3 nitrogen and oxygen atoms in total. The van der Waals surface area contributed by atoms with Gasteiger partial charge in [-0.2, -0.15) is 13.2 Å². The molecule has 0 aromatic heterocycles. The number of hydrogen-bond acceptors (Lipinski definition) is 3. The van der Waals surface area contributed by atoms with E-state index in [9.17, 15) is 13.2 Å². The van der Waals surface area contributed by atoms with Gasteiger partial charge in [0.15, 0.2) is 17.0 Å². The van der Waals surface area contributed by atoms with Crippen molar-refractivity contribution in [2.24, 2.45) is 0 Å². The van der Waals surface area contributed by atoms with Crippen LogP contribution in [0.3, 0.4) is 0 Å². The number of rotatable bonds is 8. The highest BCUT2D eigenvalue weighted by Crippen LogP contribution is 2.23. The minimum absolute atomic E-state index is 0.108. The van der Waals surface area contributed by atoms with Gasteiger partial charge >= 0.3 is 5.51 Å². The monoisotopic (exact) mass is 546 g/mol. The Morgan fingerprint density at radius 1 is 0.897 bits per heavy atom. The lowest BCUT2D eigenvalue weighted by Crippen LogP contribution is -3.73. The quantitative estimate of drug-likeness (QED) is 0.204. The molecule has 0 radical (unpaired) electrons. The van der Waals surface area contributed by atoms with Gasteiger partial charge in [-0.05, 0) is 25.0 Å². The molecule has 0 aromatic rings. The summed E-state index contributed by atoms with van der Waals surface area (Å²) in [6.07, 6.45) is 29.8. The first-order chi connectivity index (χ1) is 13.5. The van der Waals surface area contributed by atoms with Gasteiger partial charge in [-0.1, -0.05) is 63.1 Å². The molecular weight excluding hydrogens is 516 g/mol. The van der Waals surface area contributed by atoms with Gasteiger partial charge in [0, 0.05) is 25.7 Å². The molecule has 0 fully saturated rings.